The molecule has 4 heteroatoms. The molecule has 0 fully saturated rings. The number of thiol groups is 1. The third kappa shape index (κ3) is 4.09. The molecule has 4 N–H and O–H groups in total. The number of aldehydes is 1. The summed E-state index contributed by atoms with van der Waals surface area (Å²) in [5, 5.41) is 0. The van der Waals surface area contributed by atoms with Crippen molar-refractivity contribution in [3.63, 3.8) is 0 Å². The highest BCUT2D eigenvalue weighted by atomic mass is 32.1. The summed E-state index contributed by atoms with van der Waals surface area (Å²) < 4.78 is -0.204. The molecule has 0 saturated carbocycles. The largest absolute Gasteiger partial charge is 0.324 e. The van der Waals surface area contributed by atoms with Crippen LogP contribution in [-0.4, -0.2) is 22.6 Å². The lowest BCUT2D eigenvalue weighted by atomic mass is 9.85. The van der Waals surface area contributed by atoms with Crippen LogP contribution in [0, 0.1) is 0 Å². The Bertz CT molecular complexity index is 163. The van der Waals surface area contributed by atoms with Crippen molar-refractivity contribution in [2.24, 2.45) is 11.5 Å². The Morgan fingerprint density at radius 1 is 1.50 bits per heavy atom. The first kappa shape index (κ1) is 11.9. The van der Waals surface area contributed by atoms with Gasteiger partial charge in [0.25, 0.3) is 0 Å². The predicted octanol–water partition coefficient (Wildman–Crippen LogP) is 0.329. The summed E-state index contributed by atoms with van der Waals surface area (Å²) in [5.74, 6) is 0. The normalized spacial score (nSPS) is 19.8. The molecule has 0 aliphatic rings. The van der Waals surface area contributed by atoms with Crippen molar-refractivity contribution >= 4 is 18.9 Å². The van der Waals surface area contributed by atoms with Crippen LogP contribution in [0.1, 0.15) is 27.2 Å². The van der Waals surface area contributed by atoms with E-state index in [4.69, 9.17) is 11.5 Å². The summed E-state index contributed by atoms with van der Waals surface area (Å²) in [6.07, 6.45) is 1.28. The molecular formula is C8H18N2OS. The van der Waals surface area contributed by atoms with Crippen LogP contribution in [0.3, 0.4) is 0 Å². The highest BCUT2D eigenvalue weighted by molar-refractivity contribution is 7.81. The summed E-state index contributed by atoms with van der Waals surface area (Å²) in [6, 6.07) is -0.621. The van der Waals surface area contributed by atoms with Crippen LogP contribution in [-0.2, 0) is 4.79 Å². The van der Waals surface area contributed by atoms with E-state index in [9.17, 15) is 4.79 Å². The molecule has 0 saturated heterocycles. The molecule has 0 aromatic rings. The molecule has 0 rings (SSSR count). The lowest BCUT2D eigenvalue weighted by molar-refractivity contribution is -0.110. The van der Waals surface area contributed by atoms with E-state index in [2.05, 4.69) is 12.6 Å². The molecule has 0 heterocycles. The predicted molar refractivity (Wildman–Crippen MR) is 54.3 cm³/mol. The summed E-state index contributed by atoms with van der Waals surface area (Å²) in [6.45, 7) is 5.65. The van der Waals surface area contributed by atoms with Crippen molar-refractivity contribution in [3.8, 4) is 0 Å². The minimum Gasteiger partial charge on any atom is -0.324 e. The number of rotatable bonds is 4. The van der Waals surface area contributed by atoms with Gasteiger partial charge in [0.2, 0.25) is 0 Å². The van der Waals surface area contributed by atoms with Crippen molar-refractivity contribution < 1.29 is 4.79 Å². The quantitative estimate of drug-likeness (QED) is 0.442. The Hall–Kier alpha value is -0.0600. The number of carbonyl (C=O) groups excluding carboxylic acids is 1. The van der Waals surface area contributed by atoms with Crippen LogP contribution in [0.4, 0.5) is 0 Å². The second kappa shape index (κ2) is 3.77. The second-order valence-electron chi connectivity index (χ2n) is 4.16. The first-order chi connectivity index (χ1) is 5.19. The third-order valence-electron chi connectivity index (χ3n) is 1.72. The molecule has 12 heavy (non-hydrogen) atoms. The van der Waals surface area contributed by atoms with Crippen molar-refractivity contribution in [2.75, 3.05) is 0 Å². The third-order valence-corrected chi connectivity index (χ3v) is 1.88. The van der Waals surface area contributed by atoms with E-state index in [0.717, 1.165) is 0 Å². The number of hydrogen-bond acceptors (Lipinski definition) is 4. The van der Waals surface area contributed by atoms with E-state index in [1.807, 2.05) is 13.8 Å². The van der Waals surface area contributed by atoms with Gasteiger partial charge in [-0.15, -0.1) is 0 Å². The monoisotopic (exact) mass is 190 g/mol. The topological polar surface area (TPSA) is 69.1 Å². The molecule has 0 aromatic carbocycles. The van der Waals surface area contributed by atoms with Crippen LogP contribution in [0.15, 0.2) is 0 Å². The number of nitrogens with two attached hydrogens (primary N) is 2. The molecule has 2 atom stereocenters. The average Bonchev–Trinajstić information content (AvgIpc) is 1.80. The average molecular weight is 190 g/mol. The molecule has 0 bridgehead atoms. The van der Waals surface area contributed by atoms with Crippen LogP contribution >= 0.6 is 12.6 Å². The lowest BCUT2D eigenvalue weighted by Crippen LogP contribution is -2.56. The zero-order chi connectivity index (χ0) is 9.99. The van der Waals surface area contributed by atoms with Crippen molar-refractivity contribution in [3.05, 3.63) is 0 Å². The minimum atomic E-state index is -0.674. The van der Waals surface area contributed by atoms with Crippen LogP contribution in [0.2, 0.25) is 0 Å². The van der Waals surface area contributed by atoms with Gasteiger partial charge in [0.05, 0.1) is 6.04 Å². The Labute approximate surface area is 79.3 Å². The van der Waals surface area contributed by atoms with Gasteiger partial charge in [-0.2, -0.15) is 12.6 Å². The first-order valence-corrected chi connectivity index (χ1v) is 4.36. The summed E-state index contributed by atoms with van der Waals surface area (Å²) in [7, 11) is 0. The van der Waals surface area contributed by atoms with Crippen LogP contribution in [0.25, 0.3) is 0 Å². The van der Waals surface area contributed by atoms with E-state index in [-0.39, 0.29) is 4.75 Å². The molecule has 0 radical (unpaired) electrons. The van der Waals surface area contributed by atoms with Gasteiger partial charge in [-0.1, -0.05) is 13.8 Å². The SMILES string of the molecule is CC(C)(S)CC(C)(N)C(N)C=O. The van der Waals surface area contributed by atoms with Crippen LogP contribution in [0.5, 0.6) is 0 Å². The molecule has 0 aliphatic carbocycles. The van der Waals surface area contributed by atoms with Gasteiger partial charge < -0.3 is 16.3 Å². The van der Waals surface area contributed by atoms with E-state index in [1.165, 1.54) is 0 Å². The maximum atomic E-state index is 10.4. The van der Waals surface area contributed by atoms with E-state index in [0.29, 0.717) is 12.7 Å². The van der Waals surface area contributed by atoms with Crippen LogP contribution < -0.4 is 11.5 Å². The van der Waals surface area contributed by atoms with Gasteiger partial charge >= 0.3 is 0 Å². The van der Waals surface area contributed by atoms with Gasteiger partial charge in [0, 0.05) is 10.3 Å². The molecule has 0 aliphatic heterocycles. The highest BCUT2D eigenvalue weighted by Crippen LogP contribution is 2.24. The minimum absolute atomic E-state index is 0.204. The van der Waals surface area contributed by atoms with Crippen molar-refractivity contribution in [1.29, 1.82) is 0 Å². The van der Waals surface area contributed by atoms with Gasteiger partial charge in [0.1, 0.15) is 6.29 Å². The highest BCUT2D eigenvalue weighted by Gasteiger charge is 2.32. The molecule has 2 unspecified atom stereocenters. The summed E-state index contributed by atoms with van der Waals surface area (Å²) in [4.78, 5) is 10.4. The zero-order valence-corrected chi connectivity index (χ0v) is 8.77. The molecule has 0 spiro atoms. The Morgan fingerprint density at radius 3 is 2.17 bits per heavy atom. The first-order valence-electron chi connectivity index (χ1n) is 3.91. The maximum absolute atomic E-state index is 10.4. The van der Waals surface area contributed by atoms with Gasteiger partial charge in [-0.25, -0.2) is 0 Å². The lowest BCUT2D eigenvalue weighted by Gasteiger charge is -2.33. The zero-order valence-electron chi connectivity index (χ0n) is 7.87. The van der Waals surface area contributed by atoms with E-state index >= 15 is 0 Å². The Morgan fingerprint density at radius 2 is 1.92 bits per heavy atom. The fraction of sp³-hybridized carbons (Fsp3) is 0.875. The Kier molecular flexibility index (Phi) is 3.75. The smallest absolute Gasteiger partial charge is 0.138 e. The fourth-order valence-corrected chi connectivity index (χ4v) is 1.55. The number of hydrogen-bond donors (Lipinski definition) is 3. The molecular weight excluding hydrogens is 172 g/mol. The van der Waals surface area contributed by atoms with E-state index in [1.54, 1.807) is 6.92 Å². The van der Waals surface area contributed by atoms with Gasteiger partial charge in [-0.3, -0.25) is 0 Å². The molecule has 3 nitrogen and oxygen atoms in total. The van der Waals surface area contributed by atoms with Crippen molar-refractivity contribution in [2.45, 2.75) is 43.5 Å². The van der Waals surface area contributed by atoms with Gasteiger partial charge in [0.15, 0.2) is 0 Å². The molecule has 72 valence electrons. The Balaban J connectivity index is 4.31. The number of carbonyl (C=O) groups is 1. The molecule has 0 aromatic heterocycles. The standard InChI is InChI=1S/C8H18N2OS/c1-7(2,12)5-8(3,10)6(9)4-11/h4,6,12H,5,9-10H2,1-3H3. The second-order valence-corrected chi connectivity index (χ2v) is 5.37. The van der Waals surface area contributed by atoms with E-state index < -0.39 is 11.6 Å². The van der Waals surface area contributed by atoms with Crippen molar-refractivity contribution in [1.82, 2.24) is 0 Å². The maximum Gasteiger partial charge on any atom is 0.138 e. The molecule has 0 amide bonds. The summed E-state index contributed by atoms with van der Waals surface area (Å²) in [5.41, 5.74) is 10.7. The fourth-order valence-electron chi connectivity index (χ4n) is 1.21. The summed E-state index contributed by atoms with van der Waals surface area (Å²) >= 11 is 4.33. The van der Waals surface area contributed by atoms with Gasteiger partial charge in [-0.05, 0) is 13.3 Å².